The quantitative estimate of drug-likeness (QED) is 0.869. The molecule has 2 heterocycles. The van der Waals surface area contributed by atoms with Crippen molar-refractivity contribution < 1.29 is 9.59 Å². The number of likely N-dealkylation sites (tertiary alicyclic amines) is 1. The van der Waals surface area contributed by atoms with E-state index in [2.05, 4.69) is 10.6 Å². The summed E-state index contributed by atoms with van der Waals surface area (Å²) in [5.41, 5.74) is 0.780. The van der Waals surface area contributed by atoms with Gasteiger partial charge in [0.25, 0.3) is 0 Å². The van der Waals surface area contributed by atoms with Gasteiger partial charge in [-0.3, -0.25) is 9.59 Å². The molecule has 2 saturated heterocycles. The van der Waals surface area contributed by atoms with E-state index in [-0.39, 0.29) is 36.3 Å². The summed E-state index contributed by atoms with van der Waals surface area (Å²) in [5.74, 6) is -0.00668. The van der Waals surface area contributed by atoms with Crippen LogP contribution >= 0.6 is 12.4 Å². The van der Waals surface area contributed by atoms with Crippen molar-refractivity contribution in [2.75, 3.05) is 18.4 Å². The van der Waals surface area contributed by atoms with Crippen LogP contribution in [0.4, 0.5) is 5.69 Å². The Labute approximate surface area is 159 Å². The molecule has 2 aromatic carbocycles. The Morgan fingerprint density at radius 2 is 1.85 bits per heavy atom. The molecule has 0 saturated carbocycles. The second-order valence-electron chi connectivity index (χ2n) is 6.89. The third-order valence-electron chi connectivity index (χ3n) is 5.21. The molecule has 0 aliphatic carbocycles. The number of benzene rings is 2. The topological polar surface area (TPSA) is 61.4 Å². The van der Waals surface area contributed by atoms with E-state index in [0.29, 0.717) is 6.54 Å². The third-order valence-corrected chi connectivity index (χ3v) is 5.21. The minimum absolute atomic E-state index is 0. The van der Waals surface area contributed by atoms with Gasteiger partial charge < -0.3 is 15.5 Å². The van der Waals surface area contributed by atoms with Crippen molar-refractivity contribution >= 4 is 40.7 Å². The van der Waals surface area contributed by atoms with Gasteiger partial charge in [0.05, 0.1) is 6.04 Å². The zero-order valence-electron chi connectivity index (χ0n) is 14.6. The van der Waals surface area contributed by atoms with Crippen LogP contribution in [-0.2, 0) is 9.59 Å². The van der Waals surface area contributed by atoms with Gasteiger partial charge in [-0.25, -0.2) is 0 Å². The Bertz CT molecular complexity index is 804. The highest BCUT2D eigenvalue weighted by molar-refractivity contribution is 5.99. The molecule has 4 rings (SSSR count). The van der Waals surface area contributed by atoms with Crippen molar-refractivity contribution in [2.45, 2.75) is 37.8 Å². The van der Waals surface area contributed by atoms with Crippen molar-refractivity contribution in [1.29, 1.82) is 0 Å². The maximum Gasteiger partial charge on any atom is 0.247 e. The summed E-state index contributed by atoms with van der Waals surface area (Å²) in [6.07, 6.45) is 3.51. The summed E-state index contributed by atoms with van der Waals surface area (Å²) < 4.78 is 0. The van der Waals surface area contributed by atoms with Crippen LogP contribution in [-0.4, -0.2) is 41.9 Å². The van der Waals surface area contributed by atoms with E-state index in [0.717, 1.165) is 48.7 Å². The molecule has 0 bridgehead atoms. The van der Waals surface area contributed by atoms with Crippen LogP contribution in [0.15, 0.2) is 42.5 Å². The Balaban J connectivity index is 0.00000196. The number of hydrogen-bond acceptors (Lipinski definition) is 3. The van der Waals surface area contributed by atoms with Crippen LogP contribution < -0.4 is 10.6 Å². The van der Waals surface area contributed by atoms with E-state index in [1.165, 1.54) is 0 Å². The zero-order valence-corrected chi connectivity index (χ0v) is 15.4. The van der Waals surface area contributed by atoms with E-state index in [4.69, 9.17) is 0 Å². The molecule has 0 radical (unpaired) electrons. The van der Waals surface area contributed by atoms with E-state index >= 15 is 0 Å². The first kappa shape index (κ1) is 18.7. The van der Waals surface area contributed by atoms with Crippen LogP contribution in [0.3, 0.4) is 0 Å². The summed E-state index contributed by atoms with van der Waals surface area (Å²) in [4.78, 5) is 27.2. The number of halogens is 1. The molecule has 2 aromatic rings. The molecular formula is C20H24ClN3O2. The molecule has 2 N–H and O–H groups in total. The molecule has 1 unspecified atom stereocenters. The molecule has 26 heavy (non-hydrogen) atoms. The van der Waals surface area contributed by atoms with Crippen LogP contribution in [0.5, 0.6) is 0 Å². The smallest absolute Gasteiger partial charge is 0.247 e. The largest absolute Gasteiger partial charge is 0.329 e. The average Bonchev–Trinajstić information content (AvgIpc) is 3.33. The molecule has 2 atom stereocenters. The third kappa shape index (κ3) is 3.69. The molecule has 6 heteroatoms. The summed E-state index contributed by atoms with van der Waals surface area (Å²) in [6.45, 7) is 1.56. The van der Waals surface area contributed by atoms with Gasteiger partial charge in [0.2, 0.25) is 11.8 Å². The summed E-state index contributed by atoms with van der Waals surface area (Å²) >= 11 is 0. The van der Waals surface area contributed by atoms with Crippen LogP contribution in [0, 0.1) is 0 Å². The van der Waals surface area contributed by atoms with Gasteiger partial charge in [-0.05, 0) is 55.1 Å². The molecule has 2 fully saturated rings. The summed E-state index contributed by atoms with van der Waals surface area (Å²) in [5, 5.41) is 8.47. The number of carbonyl (C=O) groups excluding carboxylic acids is 2. The van der Waals surface area contributed by atoms with Crippen LogP contribution in [0.2, 0.25) is 0 Å². The maximum atomic E-state index is 12.8. The SMILES string of the molecule is Cl.O=C(Nc1ccc2ccccc2c1)C1CCCN1C(=O)[C@@H]1CCCN1. The van der Waals surface area contributed by atoms with Gasteiger partial charge in [0.15, 0.2) is 0 Å². The molecule has 2 aliphatic rings. The van der Waals surface area contributed by atoms with Gasteiger partial charge in [-0.15, -0.1) is 12.4 Å². The lowest BCUT2D eigenvalue weighted by Crippen LogP contribution is -2.49. The molecule has 2 aliphatic heterocycles. The average molecular weight is 374 g/mol. The maximum absolute atomic E-state index is 12.8. The van der Waals surface area contributed by atoms with E-state index in [9.17, 15) is 9.59 Å². The van der Waals surface area contributed by atoms with E-state index in [1.807, 2.05) is 42.5 Å². The molecule has 5 nitrogen and oxygen atoms in total. The first-order valence-corrected chi connectivity index (χ1v) is 9.06. The number of hydrogen-bond donors (Lipinski definition) is 2. The number of rotatable bonds is 3. The van der Waals surface area contributed by atoms with Crippen molar-refractivity contribution in [2.24, 2.45) is 0 Å². The monoisotopic (exact) mass is 373 g/mol. The lowest BCUT2D eigenvalue weighted by Gasteiger charge is -2.26. The van der Waals surface area contributed by atoms with Crippen molar-refractivity contribution in [1.82, 2.24) is 10.2 Å². The van der Waals surface area contributed by atoms with Gasteiger partial charge in [0, 0.05) is 12.2 Å². The molecule has 0 spiro atoms. The van der Waals surface area contributed by atoms with E-state index in [1.54, 1.807) is 4.90 Å². The first-order valence-electron chi connectivity index (χ1n) is 9.06. The fraction of sp³-hybridized carbons (Fsp3) is 0.400. The van der Waals surface area contributed by atoms with Crippen molar-refractivity contribution in [3.63, 3.8) is 0 Å². The first-order chi connectivity index (χ1) is 12.2. The lowest BCUT2D eigenvalue weighted by atomic mass is 10.1. The fourth-order valence-corrected chi connectivity index (χ4v) is 3.89. The normalized spacial score (nSPS) is 22.2. The Kier molecular flexibility index (Phi) is 5.79. The van der Waals surface area contributed by atoms with Crippen molar-refractivity contribution in [3.05, 3.63) is 42.5 Å². The Hall–Kier alpha value is -2.11. The fourth-order valence-electron chi connectivity index (χ4n) is 3.89. The minimum atomic E-state index is -0.360. The number of carbonyl (C=O) groups is 2. The standard InChI is InChI=1S/C20H23N3O2.ClH/c24-19(22-16-10-9-14-5-1-2-6-15(14)13-16)18-8-4-12-23(18)20(25)17-7-3-11-21-17;/h1-2,5-6,9-10,13,17-18,21H,3-4,7-8,11-12H2,(H,22,24);1H/t17-,18?;/m0./s1. The Morgan fingerprint density at radius 1 is 1.04 bits per heavy atom. The second-order valence-corrected chi connectivity index (χ2v) is 6.89. The van der Waals surface area contributed by atoms with Gasteiger partial charge in [0.1, 0.15) is 6.04 Å². The lowest BCUT2D eigenvalue weighted by molar-refractivity contribution is -0.138. The number of amides is 2. The van der Waals surface area contributed by atoms with Gasteiger partial charge in [-0.1, -0.05) is 30.3 Å². The number of fused-ring (bicyclic) bond motifs is 1. The molecule has 2 amide bonds. The number of nitrogens with zero attached hydrogens (tertiary/aromatic N) is 1. The molecular weight excluding hydrogens is 350 g/mol. The van der Waals surface area contributed by atoms with E-state index < -0.39 is 0 Å². The highest BCUT2D eigenvalue weighted by atomic mass is 35.5. The summed E-state index contributed by atoms with van der Waals surface area (Å²) in [6, 6.07) is 13.5. The van der Waals surface area contributed by atoms with Gasteiger partial charge in [-0.2, -0.15) is 0 Å². The highest BCUT2D eigenvalue weighted by Crippen LogP contribution is 2.23. The highest BCUT2D eigenvalue weighted by Gasteiger charge is 2.37. The summed E-state index contributed by atoms with van der Waals surface area (Å²) in [7, 11) is 0. The van der Waals surface area contributed by atoms with Crippen molar-refractivity contribution in [3.8, 4) is 0 Å². The minimum Gasteiger partial charge on any atom is -0.329 e. The second kappa shape index (κ2) is 8.06. The predicted octanol–water partition coefficient (Wildman–Crippen LogP) is 2.94. The van der Waals surface area contributed by atoms with Crippen LogP contribution in [0.25, 0.3) is 10.8 Å². The number of nitrogens with one attached hydrogen (secondary N) is 2. The Morgan fingerprint density at radius 3 is 2.62 bits per heavy atom. The molecule has 138 valence electrons. The number of anilines is 1. The van der Waals surface area contributed by atoms with Gasteiger partial charge >= 0.3 is 0 Å². The van der Waals surface area contributed by atoms with Crippen LogP contribution in [0.1, 0.15) is 25.7 Å². The predicted molar refractivity (Wildman–Crippen MR) is 106 cm³/mol. The molecule has 0 aromatic heterocycles. The zero-order chi connectivity index (χ0) is 17.2.